The molecule has 0 bridgehead atoms. The highest BCUT2D eigenvalue weighted by molar-refractivity contribution is 5.52. The summed E-state index contributed by atoms with van der Waals surface area (Å²) in [7, 11) is 0. The summed E-state index contributed by atoms with van der Waals surface area (Å²) in [6, 6.07) is 2.43. The molecule has 0 amide bonds. The van der Waals surface area contributed by atoms with Crippen LogP contribution in [0.4, 0.5) is 22.0 Å². The van der Waals surface area contributed by atoms with E-state index >= 15 is 0 Å². The second kappa shape index (κ2) is 15.0. The fourth-order valence-corrected chi connectivity index (χ4v) is 7.83. The van der Waals surface area contributed by atoms with Gasteiger partial charge in [-0.3, -0.25) is 0 Å². The molecule has 0 radical (unpaired) electrons. The van der Waals surface area contributed by atoms with Crippen molar-refractivity contribution in [1.29, 1.82) is 0 Å². The average Bonchev–Trinajstić information content (AvgIpc) is 2.94. The van der Waals surface area contributed by atoms with Crippen molar-refractivity contribution >= 4 is 6.08 Å². The third-order valence-corrected chi connectivity index (χ3v) is 10.3. The van der Waals surface area contributed by atoms with Gasteiger partial charge < -0.3 is 0 Å². The summed E-state index contributed by atoms with van der Waals surface area (Å²) in [6.45, 7) is 2.30. The Labute approximate surface area is 238 Å². The number of halogens is 5. The first-order chi connectivity index (χ1) is 19.2. The van der Waals surface area contributed by atoms with E-state index < -0.39 is 23.4 Å². The fourth-order valence-electron chi connectivity index (χ4n) is 7.83. The van der Waals surface area contributed by atoms with E-state index in [9.17, 15) is 22.0 Å². The molecule has 1 aromatic rings. The van der Waals surface area contributed by atoms with E-state index in [0.29, 0.717) is 17.6 Å². The zero-order valence-electron chi connectivity index (χ0n) is 24.3. The Morgan fingerprint density at radius 2 is 1.30 bits per heavy atom. The quantitative estimate of drug-likeness (QED) is 0.196. The van der Waals surface area contributed by atoms with Crippen LogP contribution in [0, 0.1) is 41.2 Å². The highest BCUT2D eigenvalue weighted by Crippen LogP contribution is 2.43. The normalized spacial score (nSPS) is 30.4. The van der Waals surface area contributed by atoms with Crippen LogP contribution in [0.3, 0.4) is 0 Å². The monoisotopic (exact) mass is 564 g/mol. The molecule has 0 nitrogen and oxygen atoms in total. The third kappa shape index (κ3) is 9.44. The Morgan fingerprint density at radius 1 is 0.750 bits per heavy atom. The van der Waals surface area contributed by atoms with E-state index in [2.05, 4.69) is 19.1 Å². The molecule has 0 unspecified atom stereocenters. The van der Waals surface area contributed by atoms with Crippen molar-refractivity contribution in [3.05, 3.63) is 53.1 Å². The van der Waals surface area contributed by atoms with Gasteiger partial charge in [-0.05, 0) is 123 Å². The minimum absolute atomic E-state index is 0.0517. The molecule has 0 N–H and O–H groups in total. The van der Waals surface area contributed by atoms with Crippen molar-refractivity contribution in [2.24, 2.45) is 29.6 Å². The number of hydrogen-bond acceptors (Lipinski definition) is 0. The standard InChI is InChI=1S/C35H49F5/c1-2-3-6-25-9-15-28(16-10-25)29-17-11-26(12-18-29)7-4-5-8-27-13-19-30(20-14-27)31-23-33(36)32(34(37)24-31)21-22-35(38,39)40/h5,8,21-30H,2-4,6-7,9-20H2,1H3/b8-5+,22-21+. The van der Waals surface area contributed by atoms with Gasteiger partial charge in [0.2, 0.25) is 0 Å². The summed E-state index contributed by atoms with van der Waals surface area (Å²) >= 11 is 0. The fraction of sp³-hybridized carbons (Fsp3) is 0.714. The molecule has 3 saturated carbocycles. The molecule has 224 valence electrons. The number of hydrogen-bond donors (Lipinski definition) is 0. The highest BCUT2D eigenvalue weighted by Gasteiger charge is 2.30. The largest absolute Gasteiger partial charge is 0.409 e. The lowest BCUT2D eigenvalue weighted by atomic mass is 9.68. The Kier molecular flexibility index (Phi) is 11.7. The summed E-state index contributed by atoms with van der Waals surface area (Å²) in [6.07, 6.45) is 22.3. The van der Waals surface area contributed by atoms with Gasteiger partial charge in [0, 0.05) is 11.6 Å². The van der Waals surface area contributed by atoms with Crippen LogP contribution in [-0.4, -0.2) is 6.18 Å². The Bertz CT molecular complexity index is 929. The van der Waals surface area contributed by atoms with Crippen LogP contribution in [0.15, 0.2) is 30.4 Å². The molecule has 5 heteroatoms. The smallest absolute Gasteiger partial charge is 0.206 e. The third-order valence-electron chi connectivity index (χ3n) is 10.3. The Balaban J connectivity index is 1.13. The van der Waals surface area contributed by atoms with Crippen LogP contribution in [0.5, 0.6) is 0 Å². The van der Waals surface area contributed by atoms with Gasteiger partial charge in [0.05, 0.1) is 0 Å². The van der Waals surface area contributed by atoms with Crippen LogP contribution in [0.25, 0.3) is 6.08 Å². The number of alkyl halides is 3. The SMILES string of the molecule is CCCCC1CCC(C2CCC(CC/C=C/C3CCC(c4cc(F)c(/C=C/C(F)(F)F)c(F)c4)CC3)CC2)CC1. The molecule has 1 aromatic carbocycles. The molecule has 0 heterocycles. The summed E-state index contributed by atoms with van der Waals surface area (Å²) < 4.78 is 65.9. The molecule has 3 fully saturated rings. The average molecular weight is 565 g/mol. The molecule has 0 aromatic heterocycles. The first kappa shape index (κ1) is 31.3. The first-order valence-corrected chi connectivity index (χ1v) is 16.1. The first-order valence-electron chi connectivity index (χ1n) is 16.1. The maximum atomic E-state index is 14.4. The van der Waals surface area contributed by atoms with Crippen molar-refractivity contribution in [1.82, 2.24) is 0 Å². The van der Waals surface area contributed by atoms with Gasteiger partial charge in [0.25, 0.3) is 0 Å². The maximum absolute atomic E-state index is 14.4. The van der Waals surface area contributed by atoms with Crippen LogP contribution in [0.1, 0.15) is 133 Å². The zero-order valence-corrected chi connectivity index (χ0v) is 24.3. The summed E-state index contributed by atoms with van der Waals surface area (Å²) in [4.78, 5) is 0. The van der Waals surface area contributed by atoms with E-state index in [-0.39, 0.29) is 12.0 Å². The molecule has 3 aliphatic carbocycles. The molecule has 4 rings (SSSR count). The Hall–Kier alpha value is -1.65. The van der Waals surface area contributed by atoms with Gasteiger partial charge in [-0.1, -0.05) is 64.0 Å². The zero-order chi connectivity index (χ0) is 28.5. The second-order valence-corrected chi connectivity index (χ2v) is 13.1. The van der Waals surface area contributed by atoms with Crippen molar-refractivity contribution in [3.8, 4) is 0 Å². The molecule has 0 saturated heterocycles. The van der Waals surface area contributed by atoms with Crippen molar-refractivity contribution in [2.75, 3.05) is 0 Å². The van der Waals surface area contributed by atoms with Crippen LogP contribution < -0.4 is 0 Å². The van der Waals surface area contributed by atoms with Gasteiger partial charge >= 0.3 is 6.18 Å². The molecular formula is C35H49F5. The van der Waals surface area contributed by atoms with E-state index in [1.165, 1.54) is 89.2 Å². The lowest BCUT2D eigenvalue weighted by Crippen LogP contribution is -2.25. The van der Waals surface area contributed by atoms with Crippen molar-refractivity contribution in [3.63, 3.8) is 0 Å². The number of rotatable bonds is 10. The lowest BCUT2D eigenvalue weighted by Gasteiger charge is -2.38. The van der Waals surface area contributed by atoms with E-state index in [1.807, 2.05) is 0 Å². The van der Waals surface area contributed by atoms with E-state index in [4.69, 9.17) is 0 Å². The van der Waals surface area contributed by atoms with Crippen LogP contribution in [-0.2, 0) is 0 Å². The molecule has 0 atom stereocenters. The molecule has 3 aliphatic rings. The van der Waals surface area contributed by atoms with Gasteiger partial charge in [0.15, 0.2) is 0 Å². The van der Waals surface area contributed by atoms with Gasteiger partial charge in [-0.2, -0.15) is 13.2 Å². The molecule has 0 aliphatic heterocycles. The maximum Gasteiger partial charge on any atom is 0.409 e. The Morgan fingerprint density at radius 3 is 1.82 bits per heavy atom. The van der Waals surface area contributed by atoms with Crippen molar-refractivity contribution < 1.29 is 22.0 Å². The predicted molar refractivity (Wildman–Crippen MR) is 155 cm³/mol. The van der Waals surface area contributed by atoms with Gasteiger partial charge in [0.1, 0.15) is 11.6 Å². The van der Waals surface area contributed by atoms with E-state index in [0.717, 1.165) is 55.8 Å². The summed E-state index contributed by atoms with van der Waals surface area (Å²) in [5, 5.41) is 0. The summed E-state index contributed by atoms with van der Waals surface area (Å²) in [5.74, 6) is 2.54. The van der Waals surface area contributed by atoms with Crippen molar-refractivity contribution in [2.45, 2.75) is 128 Å². The minimum atomic E-state index is -4.60. The summed E-state index contributed by atoms with van der Waals surface area (Å²) in [5.41, 5.74) is -0.0714. The second-order valence-electron chi connectivity index (χ2n) is 13.1. The van der Waals surface area contributed by atoms with Gasteiger partial charge in [-0.25, -0.2) is 8.78 Å². The van der Waals surface area contributed by atoms with E-state index in [1.54, 1.807) is 0 Å². The van der Waals surface area contributed by atoms with Crippen LogP contribution >= 0.6 is 0 Å². The highest BCUT2D eigenvalue weighted by atomic mass is 19.4. The lowest BCUT2D eigenvalue weighted by molar-refractivity contribution is -0.0790. The number of unbranched alkanes of at least 4 members (excludes halogenated alkanes) is 1. The molecular weight excluding hydrogens is 515 g/mol. The van der Waals surface area contributed by atoms with Gasteiger partial charge in [-0.15, -0.1) is 0 Å². The number of benzene rings is 1. The number of allylic oxidation sites excluding steroid dienone is 3. The molecule has 40 heavy (non-hydrogen) atoms. The topological polar surface area (TPSA) is 0 Å². The molecule has 0 spiro atoms. The van der Waals surface area contributed by atoms with Crippen LogP contribution in [0.2, 0.25) is 0 Å². The minimum Gasteiger partial charge on any atom is -0.206 e. The predicted octanol–water partition coefficient (Wildman–Crippen LogP) is 12.0.